The molecular weight excluding hydrogens is 566 g/mol. The first-order chi connectivity index (χ1) is 22.0. The van der Waals surface area contributed by atoms with Gasteiger partial charge in [-0.3, -0.25) is 4.90 Å². The van der Waals surface area contributed by atoms with E-state index in [9.17, 15) is 9.90 Å². The van der Waals surface area contributed by atoms with E-state index in [1.807, 2.05) is 53.4 Å². The monoisotopic (exact) mass is 605 g/mol. The molecule has 3 aromatic carbocycles. The largest absolute Gasteiger partial charge is 0.507 e. The highest BCUT2D eigenvalue weighted by molar-refractivity contribution is 5.74. The van der Waals surface area contributed by atoms with E-state index in [1.54, 1.807) is 12.1 Å². The summed E-state index contributed by atoms with van der Waals surface area (Å²) in [6.07, 6.45) is 2.01. The van der Waals surface area contributed by atoms with E-state index in [0.717, 1.165) is 63.4 Å². The molecule has 2 saturated heterocycles. The van der Waals surface area contributed by atoms with Crippen LogP contribution in [0.1, 0.15) is 24.0 Å². The van der Waals surface area contributed by atoms with E-state index in [2.05, 4.69) is 49.2 Å². The molecule has 0 bridgehead atoms. The lowest BCUT2D eigenvalue weighted by Gasteiger charge is -2.45. The second-order valence-corrected chi connectivity index (χ2v) is 12.3. The lowest BCUT2D eigenvalue weighted by atomic mass is 10.1. The third-order valence-corrected chi connectivity index (χ3v) is 9.26. The summed E-state index contributed by atoms with van der Waals surface area (Å²) in [6.45, 7) is 6.65. The third-order valence-electron chi connectivity index (χ3n) is 9.26. The molecule has 3 fully saturated rings. The number of ether oxygens (including phenoxy) is 1. The van der Waals surface area contributed by atoms with E-state index in [0.29, 0.717) is 36.8 Å². The molecule has 0 unspecified atom stereocenters. The number of aromatic nitrogens is 2. The molecule has 3 aliphatic rings. The summed E-state index contributed by atoms with van der Waals surface area (Å²) in [7, 11) is 0. The summed E-state index contributed by atoms with van der Waals surface area (Å²) in [5.74, 6) is 0.582. The van der Waals surface area contributed by atoms with Crippen LogP contribution in [0.3, 0.4) is 0 Å². The minimum atomic E-state index is -0.242. The Bertz CT molecular complexity index is 1650. The Kier molecular flexibility index (Phi) is 7.89. The van der Waals surface area contributed by atoms with Crippen LogP contribution in [0.25, 0.3) is 11.3 Å². The van der Waals surface area contributed by atoms with Crippen molar-refractivity contribution in [3.05, 3.63) is 96.1 Å². The number of phenols is 1. The molecule has 45 heavy (non-hydrogen) atoms. The normalized spacial score (nSPS) is 17.8. The predicted molar refractivity (Wildman–Crippen MR) is 175 cm³/mol. The second-order valence-electron chi connectivity index (χ2n) is 12.3. The topological polar surface area (TPSA) is 111 Å². The number of piperazine rings is 2. The van der Waals surface area contributed by atoms with Crippen molar-refractivity contribution in [1.29, 1.82) is 0 Å². The molecule has 1 aromatic heterocycles. The van der Waals surface area contributed by atoms with Gasteiger partial charge in [0.1, 0.15) is 12.4 Å². The first-order valence-electron chi connectivity index (χ1n) is 15.7. The maximum absolute atomic E-state index is 12.6. The van der Waals surface area contributed by atoms with Gasteiger partial charge in [0.2, 0.25) is 0 Å². The number of carbonyl (C=O) groups excluding carboxylic acids is 1. The molecule has 1 amide bonds. The number of hydrogen-bond donors (Lipinski definition) is 2. The van der Waals surface area contributed by atoms with E-state index in [1.165, 1.54) is 11.3 Å². The highest BCUT2D eigenvalue weighted by Gasteiger charge is 2.51. The molecule has 1 spiro atoms. The van der Waals surface area contributed by atoms with Crippen molar-refractivity contribution < 1.29 is 14.6 Å². The fourth-order valence-corrected chi connectivity index (χ4v) is 6.60. The average molecular weight is 606 g/mol. The number of nitrogen functional groups attached to an aromatic ring is 1. The highest BCUT2D eigenvalue weighted by Crippen LogP contribution is 2.48. The van der Waals surface area contributed by atoms with Gasteiger partial charge >= 0.3 is 6.09 Å². The first kappa shape index (κ1) is 28.9. The minimum absolute atomic E-state index is 0.0629. The van der Waals surface area contributed by atoms with Crippen LogP contribution >= 0.6 is 0 Å². The van der Waals surface area contributed by atoms with Gasteiger partial charge in [0.25, 0.3) is 0 Å². The minimum Gasteiger partial charge on any atom is -0.507 e. The van der Waals surface area contributed by atoms with Crippen LogP contribution in [0.15, 0.2) is 84.9 Å². The SMILES string of the molecule is Nc1nnc(-c2ccccc2O)cc1N1CCN(c2cccc(CN3CCN(C(=O)OCc4ccccc4)CC3)c2)C2(CC2)C1. The number of nitrogens with two attached hydrogens (primary N) is 1. The van der Waals surface area contributed by atoms with Crippen molar-refractivity contribution in [3.63, 3.8) is 0 Å². The van der Waals surface area contributed by atoms with Gasteiger partial charge in [0, 0.05) is 63.6 Å². The zero-order chi connectivity index (χ0) is 30.8. The number of hydrogen-bond acceptors (Lipinski definition) is 9. The Morgan fingerprint density at radius 1 is 0.844 bits per heavy atom. The van der Waals surface area contributed by atoms with Crippen molar-refractivity contribution >= 4 is 23.3 Å². The van der Waals surface area contributed by atoms with E-state index in [-0.39, 0.29) is 17.4 Å². The van der Waals surface area contributed by atoms with Crippen LogP contribution in [-0.4, -0.2) is 82.5 Å². The maximum atomic E-state index is 12.6. The predicted octanol–water partition coefficient (Wildman–Crippen LogP) is 4.75. The number of aromatic hydroxyl groups is 1. The summed E-state index contributed by atoms with van der Waals surface area (Å²) in [5, 5.41) is 18.9. The molecule has 10 heteroatoms. The molecule has 0 atom stereocenters. The van der Waals surface area contributed by atoms with Crippen LogP contribution in [0.2, 0.25) is 0 Å². The molecule has 7 rings (SSSR count). The van der Waals surface area contributed by atoms with E-state index < -0.39 is 0 Å². The Balaban J connectivity index is 0.967. The van der Waals surface area contributed by atoms with Gasteiger partial charge in [-0.05, 0) is 54.3 Å². The van der Waals surface area contributed by atoms with Crippen molar-refractivity contribution in [1.82, 2.24) is 20.0 Å². The van der Waals surface area contributed by atoms with Crippen LogP contribution in [0, 0.1) is 0 Å². The number of amides is 1. The second kappa shape index (κ2) is 12.3. The molecule has 4 aromatic rings. The fraction of sp³-hybridized carbons (Fsp3) is 0.343. The van der Waals surface area contributed by atoms with E-state index >= 15 is 0 Å². The number of carbonyl (C=O) groups is 1. The van der Waals surface area contributed by atoms with E-state index in [4.69, 9.17) is 10.5 Å². The van der Waals surface area contributed by atoms with Crippen molar-refractivity contribution in [2.24, 2.45) is 0 Å². The van der Waals surface area contributed by atoms with Gasteiger partial charge in [0.15, 0.2) is 5.82 Å². The molecule has 3 N–H and O–H groups in total. The molecule has 1 aliphatic carbocycles. The molecule has 1 saturated carbocycles. The summed E-state index contributed by atoms with van der Waals surface area (Å²) in [4.78, 5) is 21.7. The number of para-hydroxylation sites is 1. The van der Waals surface area contributed by atoms with Gasteiger partial charge in [0.05, 0.1) is 16.9 Å². The fourth-order valence-electron chi connectivity index (χ4n) is 6.60. The van der Waals surface area contributed by atoms with Crippen molar-refractivity contribution in [3.8, 4) is 17.0 Å². The lowest BCUT2D eigenvalue weighted by molar-refractivity contribution is 0.0700. The summed E-state index contributed by atoms with van der Waals surface area (Å²) in [6, 6.07) is 27.8. The van der Waals surface area contributed by atoms with Gasteiger partial charge in [-0.2, -0.15) is 0 Å². The number of benzene rings is 3. The van der Waals surface area contributed by atoms with Gasteiger partial charge in [-0.1, -0.05) is 54.6 Å². The molecule has 10 nitrogen and oxygen atoms in total. The van der Waals surface area contributed by atoms with Crippen molar-refractivity contribution in [2.45, 2.75) is 31.5 Å². The number of phenolic OH excluding ortho intramolecular Hbond substituents is 1. The first-order valence-corrected chi connectivity index (χ1v) is 15.7. The zero-order valence-corrected chi connectivity index (χ0v) is 25.4. The van der Waals surface area contributed by atoms with Crippen molar-refractivity contribution in [2.75, 3.05) is 61.3 Å². The molecule has 3 heterocycles. The molecule has 2 aliphatic heterocycles. The number of anilines is 3. The Labute approximate surface area is 263 Å². The molecular formula is C35H39N7O3. The van der Waals surface area contributed by atoms with Gasteiger partial charge in [-0.15, -0.1) is 10.2 Å². The lowest BCUT2D eigenvalue weighted by Crippen LogP contribution is -2.55. The summed E-state index contributed by atoms with van der Waals surface area (Å²) in [5.41, 5.74) is 12.1. The Morgan fingerprint density at radius 2 is 1.60 bits per heavy atom. The average Bonchev–Trinajstić information content (AvgIpc) is 3.84. The smallest absolute Gasteiger partial charge is 0.410 e. The Hall–Kier alpha value is -4.83. The van der Waals surface area contributed by atoms with Crippen LogP contribution in [0.4, 0.5) is 22.0 Å². The number of rotatable bonds is 7. The third kappa shape index (κ3) is 6.23. The van der Waals surface area contributed by atoms with Gasteiger partial charge in [-0.25, -0.2) is 4.79 Å². The molecule has 232 valence electrons. The van der Waals surface area contributed by atoms with Crippen LogP contribution in [0.5, 0.6) is 5.75 Å². The summed E-state index contributed by atoms with van der Waals surface area (Å²) < 4.78 is 5.54. The van der Waals surface area contributed by atoms with Gasteiger partial charge < -0.3 is 30.3 Å². The maximum Gasteiger partial charge on any atom is 0.410 e. The number of nitrogens with zero attached hydrogens (tertiary/aromatic N) is 6. The Morgan fingerprint density at radius 3 is 2.38 bits per heavy atom. The summed E-state index contributed by atoms with van der Waals surface area (Å²) >= 11 is 0. The van der Waals surface area contributed by atoms with Crippen LogP contribution < -0.4 is 15.5 Å². The highest BCUT2D eigenvalue weighted by atomic mass is 16.6. The van der Waals surface area contributed by atoms with Crippen LogP contribution in [-0.2, 0) is 17.9 Å². The standard InChI is InChI=1S/C35H39N7O3/c36-33-31(22-30(37-38-33)29-11-4-5-12-32(29)43)41-19-20-42(35(25-41)13-14-35)28-10-6-9-27(21-28)23-39-15-17-40(18-16-39)34(44)45-24-26-7-2-1-3-8-26/h1-12,21-22,43H,13-20,23-25H2,(H2,36,38). The zero-order valence-electron chi connectivity index (χ0n) is 25.4. The quantitative estimate of drug-likeness (QED) is 0.308. The molecule has 0 radical (unpaired) electrons.